The zero-order valence-corrected chi connectivity index (χ0v) is 12.5. The van der Waals surface area contributed by atoms with Gasteiger partial charge < -0.3 is 10.1 Å². The summed E-state index contributed by atoms with van der Waals surface area (Å²) in [6.07, 6.45) is 6.86. The van der Waals surface area contributed by atoms with Gasteiger partial charge in [0.15, 0.2) is 0 Å². The average Bonchev–Trinajstić information content (AvgIpc) is 2.87. The van der Waals surface area contributed by atoms with Crippen molar-refractivity contribution in [1.82, 2.24) is 5.32 Å². The van der Waals surface area contributed by atoms with Gasteiger partial charge in [0.2, 0.25) is 5.91 Å². The maximum atomic E-state index is 12.0. The minimum atomic E-state index is -0.124. The Morgan fingerprint density at radius 3 is 3.00 bits per heavy atom. The van der Waals surface area contributed by atoms with E-state index in [4.69, 9.17) is 16.3 Å². The number of halogens is 1. The second-order valence-electron chi connectivity index (χ2n) is 4.59. The number of amides is 1. The summed E-state index contributed by atoms with van der Waals surface area (Å²) in [5.74, 6) is 0.225. The number of carbonyl (C=O) groups is 1. The molecule has 0 saturated heterocycles. The highest BCUT2D eigenvalue weighted by Crippen LogP contribution is 2.28. The maximum Gasteiger partial charge on any atom is 0.223 e. The number of rotatable bonds is 5. The Kier molecular flexibility index (Phi) is 5.43. The monoisotopic (exact) mass is 299 g/mol. The fraction of sp³-hybridized carbons (Fsp3) is 0.500. The van der Waals surface area contributed by atoms with Crippen molar-refractivity contribution < 1.29 is 9.53 Å². The van der Waals surface area contributed by atoms with E-state index in [0.29, 0.717) is 6.54 Å². The van der Waals surface area contributed by atoms with Crippen LogP contribution in [0.1, 0.15) is 30.2 Å². The number of allylic oxidation sites excluding steroid dienone is 2. The third-order valence-corrected chi connectivity index (χ3v) is 4.62. The van der Waals surface area contributed by atoms with Crippen molar-refractivity contribution in [2.75, 3.05) is 13.7 Å². The van der Waals surface area contributed by atoms with Gasteiger partial charge in [-0.15, -0.1) is 11.3 Å². The fourth-order valence-electron chi connectivity index (χ4n) is 2.17. The van der Waals surface area contributed by atoms with Crippen molar-refractivity contribution in [2.24, 2.45) is 5.92 Å². The lowest BCUT2D eigenvalue weighted by Gasteiger charge is -2.20. The van der Waals surface area contributed by atoms with Crippen LogP contribution in [0.5, 0.6) is 0 Å². The van der Waals surface area contributed by atoms with Crippen LogP contribution in [-0.4, -0.2) is 19.6 Å². The molecule has 1 amide bonds. The van der Waals surface area contributed by atoms with E-state index in [0.717, 1.165) is 28.5 Å². The molecule has 0 radical (unpaired) electrons. The molecule has 3 nitrogen and oxygen atoms in total. The topological polar surface area (TPSA) is 38.3 Å². The molecular weight excluding hydrogens is 282 g/mol. The highest BCUT2D eigenvalue weighted by molar-refractivity contribution is 7.16. The summed E-state index contributed by atoms with van der Waals surface area (Å²) in [6, 6.07) is 3.79. The van der Waals surface area contributed by atoms with Crippen molar-refractivity contribution in [3.05, 3.63) is 33.5 Å². The predicted molar refractivity (Wildman–Crippen MR) is 78.6 cm³/mol. The van der Waals surface area contributed by atoms with Gasteiger partial charge in [0.05, 0.1) is 4.34 Å². The summed E-state index contributed by atoms with van der Waals surface area (Å²) in [7, 11) is 1.65. The molecule has 1 N–H and O–H groups in total. The molecule has 1 aliphatic carbocycles. The summed E-state index contributed by atoms with van der Waals surface area (Å²) in [5, 5.41) is 2.98. The minimum absolute atomic E-state index is 0.106. The van der Waals surface area contributed by atoms with E-state index in [9.17, 15) is 4.79 Å². The minimum Gasteiger partial charge on any atom is -0.374 e. The molecule has 0 unspecified atom stereocenters. The third-order valence-electron chi connectivity index (χ3n) is 3.30. The number of nitrogens with one attached hydrogen (secondary N) is 1. The lowest BCUT2D eigenvalue weighted by molar-refractivity contribution is -0.125. The first kappa shape index (κ1) is 14.6. The Bertz CT molecular complexity index is 458. The van der Waals surface area contributed by atoms with E-state index in [1.807, 2.05) is 12.1 Å². The lowest BCUT2D eigenvalue weighted by atomic mass is 9.93. The molecule has 0 fully saturated rings. The molecule has 2 rings (SSSR count). The van der Waals surface area contributed by atoms with Crippen LogP contribution in [0.25, 0.3) is 0 Å². The maximum absolute atomic E-state index is 12.0. The molecular formula is C14H18ClNO2S. The Morgan fingerprint density at radius 1 is 1.58 bits per heavy atom. The van der Waals surface area contributed by atoms with Gasteiger partial charge in [0.25, 0.3) is 0 Å². The summed E-state index contributed by atoms with van der Waals surface area (Å²) < 4.78 is 6.15. The Labute approximate surface area is 122 Å². The van der Waals surface area contributed by atoms with Crippen molar-refractivity contribution in [3.8, 4) is 0 Å². The first-order valence-corrected chi connectivity index (χ1v) is 7.61. The van der Waals surface area contributed by atoms with Gasteiger partial charge >= 0.3 is 0 Å². The largest absolute Gasteiger partial charge is 0.374 e. The number of ether oxygens (including phenoxy) is 1. The molecule has 0 spiro atoms. The molecule has 1 aromatic heterocycles. The molecule has 1 heterocycles. The zero-order chi connectivity index (χ0) is 13.7. The Morgan fingerprint density at radius 2 is 2.42 bits per heavy atom. The fourth-order valence-corrected chi connectivity index (χ4v) is 3.31. The van der Waals surface area contributed by atoms with Crippen LogP contribution in [0.4, 0.5) is 0 Å². The molecule has 2 atom stereocenters. The standard InChI is InChI=1S/C14H18ClNO2S/c1-18-11(12-7-8-13(15)19-12)9-16-14(17)10-5-3-2-4-6-10/h2-3,7-8,10-11H,4-6,9H2,1H3,(H,16,17)/t10-,11-/m0/s1. The number of hydrogen-bond donors (Lipinski definition) is 1. The third kappa shape index (κ3) is 4.06. The van der Waals surface area contributed by atoms with Crippen LogP contribution in [0.2, 0.25) is 4.34 Å². The van der Waals surface area contributed by atoms with Gasteiger partial charge in [-0.2, -0.15) is 0 Å². The van der Waals surface area contributed by atoms with E-state index in [1.165, 1.54) is 11.3 Å². The van der Waals surface area contributed by atoms with Crippen LogP contribution < -0.4 is 5.32 Å². The van der Waals surface area contributed by atoms with E-state index in [-0.39, 0.29) is 17.9 Å². The normalized spacial score (nSPS) is 20.2. The van der Waals surface area contributed by atoms with E-state index < -0.39 is 0 Å². The zero-order valence-electron chi connectivity index (χ0n) is 10.9. The second kappa shape index (κ2) is 7.08. The molecule has 5 heteroatoms. The summed E-state index contributed by atoms with van der Waals surface area (Å²) in [5.41, 5.74) is 0. The van der Waals surface area contributed by atoms with E-state index in [1.54, 1.807) is 7.11 Å². The molecule has 0 aromatic carbocycles. The van der Waals surface area contributed by atoms with Gasteiger partial charge in [-0.05, 0) is 31.4 Å². The molecule has 1 aliphatic rings. The highest BCUT2D eigenvalue weighted by Gasteiger charge is 2.20. The van der Waals surface area contributed by atoms with Crippen LogP contribution in [0, 0.1) is 5.92 Å². The summed E-state index contributed by atoms with van der Waals surface area (Å²) in [4.78, 5) is 13.1. The molecule has 19 heavy (non-hydrogen) atoms. The van der Waals surface area contributed by atoms with Crippen molar-refractivity contribution >= 4 is 28.8 Å². The number of methoxy groups -OCH3 is 1. The summed E-state index contributed by atoms with van der Waals surface area (Å²) >= 11 is 7.40. The van der Waals surface area contributed by atoms with Crippen molar-refractivity contribution in [3.63, 3.8) is 0 Å². The van der Waals surface area contributed by atoms with Crippen LogP contribution in [-0.2, 0) is 9.53 Å². The van der Waals surface area contributed by atoms with Gasteiger partial charge in [-0.1, -0.05) is 23.8 Å². The van der Waals surface area contributed by atoms with Crippen LogP contribution in [0.15, 0.2) is 24.3 Å². The Balaban J connectivity index is 1.86. The lowest BCUT2D eigenvalue weighted by Crippen LogP contribution is -2.34. The molecule has 104 valence electrons. The van der Waals surface area contributed by atoms with Gasteiger partial charge in [-0.3, -0.25) is 4.79 Å². The smallest absolute Gasteiger partial charge is 0.223 e. The number of hydrogen-bond acceptors (Lipinski definition) is 3. The van der Waals surface area contributed by atoms with Gasteiger partial charge in [0.1, 0.15) is 6.10 Å². The SMILES string of the molecule is CO[C@@H](CNC(=O)[C@H]1CC=CCC1)c1ccc(Cl)s1. The number of thiophene rings is 1. The van der Waals surface area contributed by atoms with Gasteiger partial charge in [-0.25, -0.2) is 0 Å². The first-order valence-electron chi connectivity index (χ1n) is 6.41. The molecule has 0 saturated carbocycles. The predicted octanol–water partition coefficient (Wildman–Crippen LogP) is 3.56. The first-order chi connectivity index (χ1) is 9.20. The Hall–Kier alpha value is -0.840. The molecule has 0 bridgehead atoms. The summed E-state index contributed by atoms with van der Waals surface area (Å²) in [6.45, 7) is 0.492. The highest BCUT2D eigenvalue weighted by atomic mass is 35.5. The number of carbonyl (C=O) groups excluding carboxylic acids is 1. The van der Waals surface area contributed by atoms with Gasteiger partial charge in [0, 0.05) is 24.4 Å². The van der Waals surface area contributed by atoms with E-state index in [2.05, 4.69) is 17.5 Å². The van der Waals surface area contributed by atoms with Crippen molar-refractivity contribution in [1.29, 1.82) is 0 Å². The van der Waals surface area contributed by atoms with E-state index >= 15 is 0 Å². The molecule has 1 aromatic rings. The van der Waals surface area contributed by atoms with Crippen LogP contribution >= 0.6 is 22.9 Å². The van der Waals surface area contributed by atoms with Crippen LogP contribution in [0.3, 0.4) is 0 Å². The quantitative estimate of drug-likeness (QED) is 0.844. The second-order valence-corrected chi connectivity index (χ2v) is 6.34. The average molecular weight is 300 g/mol. The van der Waals surface area contributed by atoms with Crippen molar-refractivity contribution in [2.45, 2.75) is 25.4 Å². The molecule has 0 aliphatic heterocycles.